The van der Waals surface area contributed by atoms with Crippen LogP contribution in [0.5, 0.6) is 5.75 Å². The van der Waals surface area contributed by atoms with Gasteiger partial charge in [-0.15, -0.1) is 0 Å². The fourth-order valence-corrected chi connectivity index (χ4v) is 2.15. The van der Waals surface area contributed by atoms with Gasteiger partial charge < -0.3 is 10.1 Å². The van der Waals surface area contributed by atoms with Gasteiger partial charge in [-0.1, -0.05) is 24.3 Å². The summed E-state index contributed by atoms with van der Waals surface area (Å²) in [7, 11) is 0. The monoisotopic (exact) mass is 355 g/mol. The molecule has 26 heavy (non-hydrogen) atoms. The summed E-state index contributed by atoms with van der Waals surface area (Å²) < 4.78 is 18.7. The van der Waals surface area contributed by atoms with Crippen LogP contribution >= 0.6 is 0 Å². The van der Waals surface area contributed by atoms with Gasteiger partial charge in [0.1, 0.15) is 18.2 Å². The molecule has 2 N–H and O–H groups in total. The van der Waals surface area contributed by atoms with Crippen molar-refractivity contribution < 1.29 is 18.7 Å². The molecule has 0 atom stereocenters. The third kappa shape index (κ3) is 5.14. The van der Waals surface area contributed by atoms with Gasteiger partial charge in [-0.05, 0) is 42.7 Å². The number of hydrogen-bond donors (Lipinski definition) is 2. The van der Waals surface area contributed by atoms with Crippen LogP contribution in [0.25, 0.3) is 0 Å². The van der Waals surface area contributed by atoms with Gasteiger partial charge in [0.2, 0.25) is 0 Å². The predicted octanol–water partition coefficient (Wildman–Crippen LogP) is 2.13. The number of nitrogens with zero attached hydrogens (tertiary/aromatic N) is 1. The van der Waals surface area contributed by atoms with E-state index in [-0.39, 0.29) is 18.5 Å². The molecular weight excluding hydrogens is 337 g/mol. The van der Waals surface area contributed by atoms with Crippen LogP contribution in [0.15, 0.2) is 53.6 Å². The second-order valence-electron chi connectivity index (χ2n) is 5.90. The highest BCUT2D eigenvalue weighted by molar-refractivity contribution is 6.35. The van der Waals surface area contributed by atoms with E-state index in [1.807, 2.05) is 0 Å². The van der Waals surface area contributed by atoms with Crippen molar-refractivity contribution in [1.82, 2.24) is 10.7 Å². The van der Waals surface area contributed by atoms with Gasteiger partial charge in [-0.25, -0.2) is 9.82 Å². The maximum atomic E-state index is 12.9. The smallest absolute Gasteiger partial charge is 0.329 e. The first kappa shape index (κ1) is 17.6. The molecule has 2 aromatic rings. The van der Waals surface area contributed by atoms with Crippen molar-refractivity contribution in [2.75, 3.05) is 0 Å². The fourth-order valence-electron chi connectivity index (χ4n) is 2.15. The lowest BCUT2D eigenvalue weighted by atomic mass is 10.2. The zero-order valence-corrected chi connectivity index (χ0v) is 13.9. The lowest BCUT2D eigenvalue weighted by Gasteiger charge is -2.09. The molecule has 0 radical (unpaired) electrons. The van der Waals surface area contributed by atoms with Crippen LogP contribution in [0, 0.1) is 5.82 Å². The van der Waals surface area contributed by atoms with Gasteiger partial charge in [0.05, 0.1) is 6.21 Å². The molecule has 0 aliphatic heterocycles. The second kappa shape index (κ2) is 8.24. The Hall–Kier alpha value is -3.22. The Bertz CT molecular complexity index is 817. The molecule has 2 aromatic carbocycles. The van der Waals surface area contributed by atoms with Crippen LogP contribution in [0.3, 0.4) is 0 Å². The summed E-state index contributed by atoms with van der Waals surface area (Å²) in [6, 6.07) is 13.3. The molecule has 0 aromatic heterocycles. The van der Waals surface area contributed by atoms with Crippen molar-refractivity contribution in [3.63, 3.8) is 0 Å². The topological polar surface area (TPSA) is 79.8 Å². The highest BCUT2D eigenvalue weighted by Crippen LogP contribution is 2.18. The van der Waals surface area contributed by atoms with E-state index in [9.17, 15) is 14.0 Å². The molecule has 3 rings (SSSR count). The molecule has 7 heteroatoms. The SMILES string of the molecule is O=C(N/N=C\c1ccccc1OCc1ccc(F)cc1)C(=O)NC1CC1. The normalized spacial score (nSPS) is 13.4. The number of carbonyl (C=O) groups excluding carboxylic acids is 2. The minimum atomic E-state index is -0.808. The molecule has 134 valence electrons. The van der Waals surface area contributed by atoms with Gasteiger partial charge in [0.15, 0.2) is 0 Å². The average molecular weight is 355 g/mol. The predicted molar refractivity (Wildman–Crippen MR) is 94.1 cm³/mol. The summed E-state index contributed by atoms with van der Waals surface area (Å²) in [6.07, 6.45) is 3.21. The fraction of sp³-hybridized carbons (Fsp3) is 0.211. The van der Waals surface area contributed by atoms with E-state index in [1.54, 1.807) is 36.4 Å². The Kier molecular flexibility index (Phi) is 5.58. The van der Waals surface area contributed by atoms with E-state index < -0.39 is 11.8 Å². The third-order valence-corrected chi connectivity index (χ3v) is 3.72. The number of rotatable bonds is 6. The minimum absolute atomic E-state index is 0.109. The number of amides is 2. The largest absolute Gasteiger partial charge is 0.488 e. The molecule has 6 nitrogen and oxygen atoms in total. The number of nitrogens with one attached hydrogen (secondary N) is 2. The van der Waals surface area contributed by atoms with Crippen LogP contribution < -0.4 is 15.5 Å². The number of hydrogen-bond acceptors (Lipinski definition) is 4. The second-order valence-corrected chi connectivity index (χ2v) is 5.90. The Balaban J connectivity index is 1.56. The molecule has 0 saturated heterocycles. The Morgan fingerprint density at radius 2 is 1.85 bits per heavy atom. The number of para-hydroxylation sites is 1. The maximum absolute atomic E-state index is 12.9. The molecule has 0 heterocycles. The first-order chi connectivity index (χ1) is 12.6. The van der Waals surface area contributed by atoms with Gasteiger partial charge in [0, 0.05) is 11.6 Å². The Labute approximate surface area is 150 Å². The van der Waals surface area contributed by atoms with Crippen molar-refractivity contribution >= 4 is 18.0 Å². The van der Waals surface area contributed by atoms with Crippen LogP contribution in [0.2, 0.25) is 0 Å². The molecule has 2 amide bonds. The summed E-state index contributed by atoms with van der Waals surface area (Å²) in [6.45, 7) is 0.265. The molecular formula is C19H18FN3O3. The Morgan fingerprint density at radius 1 is 1.12 bits per heavy atom. The van der Waals surface area contributed by atoms with Gasteiger partial charge >= 0.3 is 11.8 Å². The van der Waals surface area contributed by atoms with Gasteiger partial charge in [-0.2, -0.15) is 5.10 Å². The summed E-state index contributed by atoms with van der Waals surface area (Å²) in [5.74, 6) is -1.25. The molecule has 0 bridgehead atoms. The van der Waals surface area contributed by atoms with E-state index in [2.05, 4.69) is 15.8 Å². The summed E-state index contributed by atoms with van der Waals surface area (Å²) in [4.78, 5) is 23.2. The zero-order chi connectivity index (χ0) is 18.4. The minimum Gasteiger partial charge on any atom is -0.488 e. The van der Waals surface area contributed by atoms with E-state index in [4.69, 9.17) is 4.74 Å². The van der Waals surface area contributed by atoms with Gasteiger partial charge in [0.25, 0.3) is 0 Å². The number of ether oxygens (including phenoxy) is 1. The van der Waals surface area contributed by atoms with Crippen molar-refractivity contribution in [2.24, 2.45) is 5.10 Å². The molecule has 0 spiro atoms. The van der Waals surface area contributed by atoms with Crippen LogP contribution in [0.4, 0.5) is 4.39 Å². The van der Waals surface area contributed by atoms with Gasteiger partial charge in [-0.3, -0.25) is 9.59 Å². The lowest BCUT2D eigenvalue weighted by molar-refractivity contribution is -0.139. The number of benzene rings is 2. The van der Waals surface area contributed by atoms with Crippen LogP contribution in [-0.2, 0) is 16.2 Å². The van der Waals surface area contributed by atoms with Crippen molar-refractivity contribution in [3.05, 3.63) is 65.5 Å². The molecule has 1 saturated carbocycles. The Morgan fingerprint density at radius 3 is 2.58 bits per heavy atom. The number of hydrazone groups is 1. The van der Waals surface area contributed by atoms with E-state index in [1.165, 1.54) is 18.3 Å². The summed E-state index contributed by atoms with van der Waals surface area (Å²) in [5, 5.41) is 6.38. The van der Waals surface area contributed by atoms with Crippen LogP contribution in [0.1, 0.15) is 24.0 Å². The highest BCUT2D eigenvalue weighted by atomic mass is 19.1. The van der Waals surface area contributed by atoms with E-state index in [0.717, 1.165) is 18.4 Å². The first-order valence-electron chi connectivity index (χ1n) is 8.22. The van der Waals surface area contributed by atoms with Crippen molar-refractivity contribution in [3.8, 4) is 5.75 Å². The third-order valence-electron chi connectivity index (χ3n) is 3.72. The summed E-state index contributed by atoms with van der Waals surface area (Å²) in [5.41, 5.74) is 3.65. The number of halogens is 1. The molecule has 1 fully saturated rings. The number of carbonyl (C=O) groups is 2. The zero-order valence-electron chi connectivity index (χ0n) is 13.9. The van der Waals surface area contributed by atoms with E-state index in [0.29, 0.717) is 11.3 Å². The van der Waals surface area contributed by atoms with Crippen LogP contribution in [-0.4, -0.2) is 24.1 Å². The average Bonchev–Trinajstić information content (AvgIpc) is 3.46. The highest BCUT2D eigenvalue weighted by Gasteiger charge is 2.26. The lowest BCUT2D eigenvalue weighted by Crippen LogP contribution is -2.38. The summed E-state index contributed by atoms with van der Waals surface area (Å²) >= 11 is 0. The first-order valence-corrected chi connectivity index (χ1v) is 8.22. The molecule has 1 aliphatic carbocycles. The molecule has 1 aliphatic rings. The quantitative estimate of drug-likeness (QED) is 0.473. The maximum Gasteiger partial charge on any atom is 0.329 e. The molecule has 0 unspecified atom stereocenters. The van der Waals surface area contributed by atoms with Crippen molar-refractivity contribution in [1.29, 1.82) is 0 Å². The van der Waals surface area contributed by atoms with E-state index >= 15 is 0 Å². The standard InChI is InChI=1S/C19H18FN3O3/c20-15-7-5-13(6-8-15)12-26-17-4-2-1-3-14(17)11-21-23-19(25)18(24)22-16-9-10-16/h1-8,11,16H,9-10,12H2,(H,22,24)(H,23,25)/b21-11-. The van der Waals surface area contributed by atoms with Crippen molar-refractivity contribution in [2.45, 2.75) is 25.5 Å².